The van der Waals surface area contributed by atoms with Gasteiger partial charge in [0.25, 0.3) is 0 Å². The maximum absolute atomic E-state index is 12.6. The molecule has 0 radical (unpaired) electrons. The lowest BCUT2D eigenvalue weighted by molar-refractivity contribution is -0.120. The summed E-state index contributed by atoms with van der Waals surface area (Å²) in [4.78, 5) is 21.0. The fourth-order valence-electron chi connectivity index (χ4n) is 2.91. The van der Waals surface area contributed by atoms with Gasteiger partial charge in [-0.2, -0.15) is 5.10 Å². The summed E-state index contributed by atoms with van der Waals surface area (Å²) in [5.41, 5.74) is 0.829. The highest BCUT2D eigenvalue weighted by Gasteiger charge is 2.27. The summed E-state index contributed by atoms with van der Waals surface area (Å²) in [5, 5.41) is 15.4. The topological polar surface area (TPSA) is 96.5 Å². The molecule has 0 unspecified atom stereocenters. The Bertz CT molecular complexity index is 784. The Morgan fingerprint density at radius 2 is 2.15 bits per heavy atom. The quantitative estimate of drug-likeness (QED) is 0.374. The van der Waals surface area contributed by atoms with Gasteiger partial charge in [0.15, 0.2) is 11.8 Å². The van der Waals surface area contributed by atoms with E-state index in [1.165, 1.54) is 0 Å². The lowest BCUT2D eigenvalue weighted by atomic mass is 10.3. The van der Waals surface area contributed by atoms with Gasteiger partial charge in [-0.05, 0) is 13.8 Å². The molecule has 1 fully saturated rings. The molecular formula is C16H26IN9O. The second-order valence-electron chi connectivity index (χ2n) is 6.04. The molecule has 1 aliphatic rings. The highest BCUT2D eigenvalue weighted by atomic mass is 127. The van der Waals surface area contributed by atoms with E-state index in [9.17, 15) is 4.79 Å². The Morgan fingerprint density at radius 1 is 1.33 bits per heavy atom. The van der Waals surface area contributed by atoms with E-state index >= 15 is 0 Å². The van der Waals surface area contributed by atoms with Crippen molar-refractivity contribution in [3.63, 3.8) is 0 Å². The van der Waals surface area contributed by atoms with E-state index in [2.05, 4.69) is 25.6 Å². The van der Waals surface area contributed by atoms with Crippen molar-refractivity contribution in [2.75, 3.05) is 31.1 Å². The van der Waals surface area contributed by atoms with Crippen LogP contribution in [-0.2, 0) is 24.9 Å². The number of carbonyl (C=O) groups excluding carboxylic acids is 1. The monoisotopic (exact) mass is 487 g/mol. The fourth-order valence-corrected chi connectivity index (χ4v) is 2.91. The zero-order valence-electron chi connectivity index (χ0n) is 15.9. The molecule has 3 rings (SSSR count). The molecule has 1 aliphatic heterocycles. The molecule has 27 heavy (non-hydrogen) atoms. The first-order valence-electron chi connectivity index (χ1n) is 8.81. The number of aliphatic imine (C=N–C) groups is 1. The molecule has 2 aromatic rings. The first kappa shape index (κ1) is 21.1. The van der Waals surface area contributed by atoms with E-state index in [1.54, 1.807) is 22.1 Å². The van der Waals surface area contributed by atoms with Crippen LogP contribution in [0.1, 0.15) is 19.7 Å². The molecule has 11 heteroatoms. The van der Waals surface area contributed by atoms with Crippen LogP contribution in [0.4, 0.5) is 5.69 Å². The van der Waals surface area contributed by atoms with Crippen molar-refractivity contribution in [3.8, 4) is 0 Å². The SMILES string of the molecule is CCNC(=NCc1nncn1CC)N1CCN(c2cnn(C)c2)C(=O)C1.I. The van der Waals surface area contributed by atoms with Crippen molar-refractivity contribution < 1.29 is 4.79 Å². The lowest BCUT2D eigenvalue weighted by Crippen LogP contribution is -2.55. The fraction of sp³-hybridized carbons (Fsp3) is 0.562. The molecule has 1 N–H and O–H groups in total. The number of halogens is 1. The van der Waals surface area contributed by atoms with Gasteiger partial charge in [-0.3, -0.25) is 9.48 Å². The number of hydrogen-bond acceptors (Lipinski definition) is 5. The summed E-state index contributed by atoms with van der Waals surface area (Å²) in [6, 6.07) is 0. The van der Waals surface area contributed by atoms with Crippen LogP contribution in [0.3, 0.4) is 0 Å². The molecule has 0 atom stereocenters. The third-order valence-corrected chi connectivity index (χ3v) is 4.26. The number of aromatic nitrogens is 5. The largest absolute Gasteiger partial charge is 0.356 e. The molecule has 1 saturated heterocycles. The molecule has 148 valence electrons. The number of guanidine groups is 1. The average molecular weight is 487 g/mol. The minimum Gasteiger partial charge on any atom is -0.356 e. The molecule has 1 amide bonds. The number of hydrogen-bond donors (Lipinski definition) is 1. The predicted molar refractivity (Wildman–Crippen MR) is 113 cm³/mol. The summed E-state index contributed by atoms with van der Waals surface area (Å²) < 4.78 is 3.66. The first-order chi connectivity index (χ1) is 12.6. The molecule has 10 nitrogen and oxygen atoms in total. The van der Waals surface area contributed by atoms with Crippen LogP contribution in [0, 0.1) is 0 Å². The zero-order valence-corrected chi connectivity index (χ0v) is 18.2. The van der Waals surface area contributed by atoms with Crippen LogP contribution in [0.15, 0.2) is 23.7 Å². The van der Waals surface area contributed by atoms with Crippen molar-refractivity contribution >= 4 is 41.5 Å². The maximum Gasteiger partial charge on any atom is 0.246 e. The number of carbonyl (C=O) groups is 1. The summed E-state index contributed by atoms with van der Waals surface area (Å²) in [7, 11) is 1.84. The maximum atomic E-state index is 12.6. The predicted octanol–water partition coefficient (Wildman–Crippen LogP) is 0.464. The molecule has 0 aliphatic carbocycles. The number of piperazine rings is 1. The summed E-state index contributed by atoms with van der Waals surface area (Å²) in [6.45, 7) is 7.59. The van der Waals surface area contributed by atoms with E-state index in [-0.39, 0.29) is 36.4 Å². The van der Waals surface area contributed by atoms with Crippen LogP contribution in [0.5, 0.6) is 0 Å². The van der Waals surface area contributed by atoms with Crippen molar-refractivity contribution in [2.24, 2.45) is 12.0 Å². The van der Waals surface area contributed by atoms with Gasteiger partial charge in [-0.25, -0.2) is 4.99 Å². The Hall–Kier alpha value is -2.18. The Balaban J connectivity index is 0.00000261. The molecule has 2 aromatic heterocycles. The van der Waals surface area contributed by atoms with Gasteiger partial charge in [0.05, 0.1) is 11.9 Å². The summed E-state index contributed by atoms with van der Waals surface area (Å²) >= 11 is 0. The van der Waals surface area contributed by atoms with Crippen molar-refractivity contribution in [3.05, 3.63) is 24.5 Å². The Morgan fingerprint density at radius 3 is 2.78 bits per heavy atom. The number of nitrogens with one attached hydrogen (secondary N) is 1. The van der Waals surface area contributed by atoms with Gasteiger partial charge in [-0.15, -0.1) is 34.2 Å². The Kier molecular flexibility index (Phi) is 7.56. The molecular weight excluding hydrogens is 461 g/mol. The number of anilines is 1. The van der Waals surface area contributed by atoms with Gasteiger partial charge < -0.3 is 19.7 Å². The van der Waals surface area contributed by atoms with Crippen LogP contribution < -0.4 is 10.2 Å². The standard InChI is InChI=1S/C16H25N9O.HI/c1-4-17-16(18-9-14-21-19-12-23(14)5-2)24-6-7-25(15(26)11-24)13-8-20-22(3)10-13;/h8,10,12H,4-7,9,11H2,1-3H3,(H,17,18);1H. The average Bonchev–Trinajstić information content (AvgIpc) is 3.27. The molecule has 0 saturated carbocycles. The number of rotatable bonds is 5. The van der Waals surface area contributed by atoms with Crippen LogP contribution in [-0.4, -0.2) is 67.5 Å². The van der Waals surface area contributed by atoms with E-state index < -0.39 is 0 Å². The second-order valence-corrected chi connectivity index (χ2v) is 6.04. The number of nitrogens with zero attached hydrogens (tertiary/aromatic N) is 8. The van der Waals surface area contributed by atoms with E-state index in [1.807, 2.05) is 36.6 Å². The minimum absolute atomic E-state index is 0. The van der Waals surface area contributed by atoms with Gasteiger partial charge >= 0.3 is 0 Å². The first-order valence-corrected chi connectivity index (χ1v) is 8.81. The zero-order chi connectivity index (χ0) is 18.5. The third-order valence-electron chi connectivity index (χ3n) is 4.26. The van der Waals surface area contributed by atoms with Gasteiger partial charge in [0.2, 0.25) is 5.91 Å². The van der Waals surface area contributed by atoms with Gasteiger partial charge in [0, 0.05) is 39.4 Å². The van der Waals surface area contributed by atoms with Crippen molar-refractivity contribution in [1.29, 1.82) is 0 Å². The molecule has 3 heterocycles. The molecule has 0 spiro atoms. The van der Waals surface area contributed by atoms with Crippen molar-refractivity contribution in [1.82, 2.24) is 34.8 Å². The van der Waals surface area contributed by atoms with Crippen LogP contribution in [0.25, 0.3) is 0 Å². The van der Waals surface area contributed by atoms with E-state index in [0.717, 1.165) is 30.6 Å². The van der Waals surface area contributed by atoms with Gasteiger partial charge in [-0.1, -0.05) is 0 Å². The minimum atomic E-state index is 0. The van der Waals surface area contributed by atoms with E-state index in [0.29, 0.717) is 19.6 Å². The Labute approximate surface area is 175 Å². The van der Waals surface area contributed by atoms with Crippen LogP contribution in [0.2, 0.25) is 0 Å². The van der Waals surface area contributed by atoms with Crippen LogP contribution >= 0.6 is 24.0 Å². The van der Waals surface area contributed by atoms with E-state index in [4.69, 9.17) is 0 Å². The summed E-state index contributed by atoms with van der Waals surface area (Å²) in [6.07, 6.45) is 5.27. The third kappa shape index (κ3) is 4.96. The highest BCUT2D eigenvalue weighted by molar-refractivity contribution is 14.0. The normalized spacial score (nSPS) is 15.1. The van der Waals surface area contributed by atoms with Crippen molar-refractivity contribution in [2.45, 2.75) is 26.9 Å². The van der Waals surface area contributed by atoms with Gasteiger partial charge in [0.1, 0.15) is 19.4 Å². The smallest absolute Gasteiger partial charge is 0.246 e. The molecule has 0 aromatic carbocycles. The molecule has 0 bridgehead atoms. The lowest BCUT2D eigenvalue weighted by Gasteiger charge is -2.35. The second kappa shape index (κ2) is 9.67. The highest BCUT2D eigenvalue weighted by Crippen LogP contribution is 2.16. The summed E-state index contributed by atoms with van der Waals surface area (Å²) in [5.74, 6) is 1.56. The number of amides is 1. The number of aryl methyl sites for hydroxylation is 2.